The number of hydrogen-bond acceptors (Lipinski definition) is 6. The maximum Gasteiger partial charge on any atom is 0.273 e. The fraction of sp³-hybridized carbons (Fsp3) is 0.227. The zero-order valence-corrected chi connectivity index (χ0v) is 19.9. The van der Waals surface area contributed by atoms with E-state index in [-0.39, 0.29) is 36.3 Å². The molecule has 7 nitrogen and oxygen atoms in total. The molecular formula is C22H21Cl2FN4O3S. The predicted octanol–water partition coefficient (Wildman–Crippen LogP) is 5.45. The predicted molar refractivity (Wildman–Crippen MR) is 129 cm³/mol. The molecule has 3 rings (SSSR count). The Morgan fingerprint density at radius 3 is 2.64 bits per heavy atom. The van der Waals surface area contributed by atoms with Crippen molar-refractivity contribution in [1.82, 2.24) is 9.88 Å². The Labute approximate surface area is 204 Å². The first-order valence-corrected chi connectivity index (χ1v) is 11.5. The Morgan fingerprint density at radius 2 is 1.91 bits per heavy atom. The number of carbonyl (C=O) groups excluding carboxylic acids is 2. The van der Waals surface area contributed by atoms with Crippen LogP contribution in [0, 0.1) is 5.82 Å². The average Bonchev–Trinajstić information content (AvgIpc) is 3.26. The van der Waals surface area contributed by atoms with Gasteiger partial charge in [0.25, 0.3) is 5.91 Å². The molecule has 0 radical (unpaired) electrons. The number of ether oxygens (including phenoxy) is 1. The van der Waals surface area contributed by atoms with Gasteiger partial charge >= 0.3 is 0 Å². The summed E-state index contributed by atoms with van der Waals surface area (Å²) in [6.07, 6.45) is 0.0558. The second-order valence-corrected chi connectivity index (χ2v) is 8.58. The molecule has 0 aliphatic rings. The largest absolute Gasteiger partial charge is 0.383 e. The number of rotatable bonds is 10. The number of methoxy groups -OCH3 is 1. The summed E-state index contributed by atoms with van der Waals surface area (Å²) >= 11 is 13.4. The van der Waals surface area contributed by atoms with Crippen LogP contribution in [0.3, 0.4) is 0 Å². The van der Waals surface area contributed by atoms with Crippen LogP contribution in [0.5, 0.6) is 0 Å². The van der Waals surface area contributed by atoms with E-state index in [1.165, 1.54) is 47.6 Å². The number of thiazole rings is 1. The Morgan fingerprint density at radius 1 is 1.15 bits per heavy atom. The molecule has 3 aromatic rings. The molecule has 0 unspecified atom stereocenters. The molecular weight excluding hydrogens is 490 g/mol. The van der Waals surface area contributed by atoms with E-state index in [1.807, 2.05) is 0 Å². The summed E-state index contributed by atoms with van der Waals surface area (Å²) in [5.41, 5.74) is 1.29. The van der Waals surface area contributed by atoms with Gasteiger partial charge in [-0.25, -0.2) is 9.37 Å². The lowest BCUT2D eigenvalue weighted by Crippen LogP contribution is -2.36. The van der Waals surface area contributed by atoms with Crippen LogP contribution in [0.1, 0.15) is 16.9 Å². The molecule has 0 fully saturated rings. The highest BCUT2D eigenvalue weighted by Crippen LogP contribution is 2.30. The fourth-order valence-corrected chi connectivity index (χ4v) is 3.84. The van der Waals surface area contributed by atoms with Gasteiger partial charge in [0.2, 0.25) is 5.91 Å². The summed E-state index contributed by atoms with van der Waals surface area (Å²) in [6.45, 7) is 0.758. The van der Waals surface area contributed by atoms with Gasteiger partial charge in [0.1, 0.15) is 11.5 Å². The maximum atomic E-state index is 13.0. The van der Waals surface area contributed by atoms with Gasteiger partial charge in [-0.05, 0) is 42.5 Å². The number of amides is 2. The lowest BCUT2D eigenvalue weighted by atomic mass is 10.3. The number of nitrogens with zero attached hydrogens (tertiary/aromatic N) is 2. The molecule has 0 atom stereocenters. The molecule has 174 valence electrons. The number of halogens is 3. The van der Waals surface area contributed by atoms with Gasteiger partial charge in [-0.3, -0.25) is 9.59 Å². The Bertz CT molecular complexity index is 1110. The average molecular weight is 511 g/mol. The van der Waals surface area contributed by atoms with Crippen molar-refractivity contribution in [3.63, 3.8) is 0 Å². The van der Waals surface area contributed by atoms with Crippen LogP contribution < -0.4 is 10.6 Å². The Hall–Kier alpha value is -2.72. The molecule has 0 saturated heterocycles. The first-order chi connectivity index (χ1) is 15.9. The third-order valence-electron chi connectivity index (χ3n) is 4.48. The summed E-state index contributed by atoms with van der Waals surface area (Å²) in [6, 6.07) is 10.5. The van der Waals surface area contributed by atoms with E-state index in [0.717, 1.165) is 0 Å². The van der Waals surface area contributed by atoms with Crippen LogP contribution in [0.4, 0.5) is 20.9 Å². The molecule has 0 bridgehead atoms. The molecule has 2 N–H and O–H groups in total. The van der Waals surface area contributed by atoms with Gasteiger partial charge in [-0.1, -0.05) is 23.2 Å². The molecule has 1 heterocycles. The third kappa shape index (κ3) is 7.40. The van der Waals surface area contributed by atoms with Crippen molar-refractivity contribution < 1.29 is 18.7 Å². The first kappa shape index (κ1) is 24.9. The van der Waals surface area contributed by atoms with E-state index in [0.29, 0.717) is 39.7 Å². The summed E-state index contributed by atoms with van der Waals surface area (Å²) in [5.74, 6) is -1.02. The summed E-state index contributed by atoms with van der Waals surface area (Å²) < 4.78 is 18.1. The van der Waals surface area contributed by atoms with E-state index >= 15 is 0 Å². The second-order valence-electron chi connectivity index (χ2n) is 6.88. The van der Waals surface area contributed by atoms with Crippen molar-refractivity contribution >= 4 is 62.9 Å². The first-order valence-electron chi connectivity index (χ1n) is 9.87. The normalized spacial score (nSPS) is 10.7. The van der Waals surface area contributed by atoms with Gasteiger partial charge in [0.05, 0.1) is 17.3 Å². The lowest BCUT2D eigenvalue weighted by Gasteiger charge is -2.21. The maximum absolute atomic E-state index is 13.0. The number of aromatic nitrogens is 1. The standard InChI is InChI=1S/C22H21Cl2FN4O3S/c1-32-11-10-29(9-8-20(30)26-16-5-3-15(25)4-6-16)21(31)19-13-33-22(28-19)27-18-12-14(23)2-7-17(18)24/h2-7,12-13H,8-11H2,1H3,(H,26,30)(H,27,28). The van der Waals surface area contributed by atoms with Crippen molar-refractivity contribution in [2.75, 3.05) is 37.4 Å². The van der Waals surface area contributed by atoms with Gasteiger partial charge in [-0.2, -0.15) is 0 Å². The highest BCUT2D eigenvalue weighted by atomic mass is 35.5. The molecule has 0 saturated carbocycles. The minimum atomic E-state index is -0.390. The van der Waals surface area contributed by atoms with Crippen LogP contribution in [0.2, 0.25) is 10.0 Å². The zero-order valence-electron chi connectivity index (χ0n) is 17.6. The molecule has 2 aromatic carbocycles. The second kappa shape index (κ2) is 11.9. The van der Waals surface area contributed by atoms with Crippen molar-refractivity contribution in [1.29, 1.82) is 0 Å². The van der Waals surface area contributed by atoms with E-state index in [1.54, 1.807) is 23.6 Å². The smallest absolute Gasteiger partial charge is 0.273 e. The number of anilines is 3. The summed E-state index contributed by atoms with van der Waals surface area (Å²) in [5, 5.41) is 8.82. The number of benzene rings is 2. The van der Waals surface area contributed by atoms with Crippen LogP contribution in [0.25, 0.3) is 0 Å². The zero-order chi connectivity index (χ0) is 23.8. The monoisotopic (exact) mass is 510 g/mol. The number of hydrogen-bond donors (Lipinski definition) is 2. The SMILES string of the molecule is COCCN(CCC(=O)Nc1ccc(F)cc1)C(=O)c1csc(Nc2cc(Cl)ccc2Cl)n1. The van der Waals surface area contributed by atoms with Gasteiger partial charge in [-0.15, -0.1) is 11.3 Å². The van der Waals surface area contributed by atoms with E-state index in [9.17, 15) is 14.0 Å². The van der Waals surface area contributed by atoms with E-state index < -0.39 is 0 Å². The van der Waals surface area contributed by atoms with E-state index in [2.05, 4.69) is 15.6 Å². The van der Waals surface area contributed by atoms with Crippen molar-refractivity contribution in [3.05, 3.63) is 69.4 Å². The number of carbonyl (C=O) groups is 2. The van der Waals surface area contributed by atoms with Gasteiger partial charge in [0.15, 0.2) is 5.13 Å². The third-order valence-corrected chi connectivity index (χ3v) is 5.81. The summed E-state index contributed by atoms with van der Waals surface area (Å²) in [4.78, 5) is 31.1. The minimum Gasteiger partial charge on any atom is -0.383 e. The Balaban J connectivity index is 1.63. The van der Waals surface area contributed by atoms with Crippen LogP contribution >= 0.6 is 34.5 Å². The molecule has 0 aliphatic heterocycles. The van der Waals surface area contributed by atoms with E-state index in [4.69, 9.17) is 27.9 Å². The van der Waals surface area contributed by atoms with Crippen molar-refractivity contribution in [2.24, 2.45) is 0 Å². The molecule has 33 heavy (non-hydrogen) atoms. The summed E-state index contributed by atoms with van der Waals surface area (Å²) in [7, 11) is 1.53. The lowest BCUT2D eigenvalue weighted by molar-refractivity contribution is -0.116. The van der Waals surface area contributed by atoms with Crippen LogP contribution in [0.15, 0.2) is 47.8 Å². The molecule has 2 amide bonds. The molecule has 1 aromatic heterocycles. The van der Waals surface area contributed by atoms with Crippen LogP contribution in [-0.4, -0.2) is 48.5 Å². The molecule has 11 heteroatoms. The highest BCUT2D eigenvalue weighted by Gasteiger charge is 2.20. The van der Waals surface area contributed by atoms with Crippen molar-refractivity contribution in [2.45, 2.75) is 6.42 Å². The van der Waals surface area contributed by atoms with Crippen LogP contribution in [-0.2, 0) is 9.53 Å². The molecule has 0 spiro atoms. The van der Waals surface area contributed by atoms with Gasteiger partial charge in [0, 0.05) is 42.7 Å². The Kier molecular flexibility index (Phi) is 9.02. The minimum absolute atomic E-state index is 0.0558. The molecule has 0 aliphatic carbocycles. The quantitative estimate of drug-likeness (QED) is 0.378. The van der Waals surface area contributed by atoms with Gasteiger partial charge < -0.3 is 20.3 Å². The highest BCUT2D eigenvalue weighted by molar-refractivity contribution is 7.14. The fourth-order valence-electron chi connectivity index (χ4n) is 2.81. The van der Waals surface area contributed by atoms with Crippen molar-refractivity contribution in [3.8, 4) is 0 Å². The topological polar surface area (TPSA) is 83.6 Å². The number of nitrogens with one attached hydrogen (secondary N) is 2.